The number of nitrogens with one attached hydrogen (secondary N) is 1. The third-order valence-corrected chi connectivity index (χ3v) is 4.22. The van der Waals surface area contributed by atoms with Crippen LogP contribution in [0, 0.1) is 0 Å². The molecule has 1 aromatic rings. The van der Waals surface area contributed by atoms with Crippen molar-refractivity contribution in [2.45, 2.75) is 44.7 Å². The number of hydrogen-bond acceptors (Lipinski definition) is 3. The molecule has 1 fully saturated rings. The Morgan fingerprint density at radius 1 is 1.33 bits per heavy atom. The molecular weight excluding hydrogens is 264 g/mol. The summed E-state index contributed by atoms with van der Waals surface area (Å²) < 4.78 is 0. The van der Waals surface area contributed by atoms with Gasteiger partial charge in [0.25, 0.3) is 0 Å². The van der Waals surface area contributed by atoms with Gasteiger partial charge in [0.15, 0.2) is 5.54 Å². The molecule has 0 aliphatic heterocycles. The average molecular weight is 290 g/mol. The van der Waals surface area contributed by atoms with E-state index in [4.69, 9.17) is 0 Å². The van der Waals surface area contributed by atoms with E-state index in [0.717, 1.165) is 18.5 Å². The number of carbonyl (C=O) groups is 1. The molecule has 4 nitrogen and oxygen atoms in total. The van der Waals surface area contributed by atoms with Crippen LogP contribution in [0.5, 0.6) is 0 Å². The first-order chi connectivity index (χ1) is 10.1. The normalized spacial score (nSPS) is 17.7. The first-order valence-corrected chi connectivity index (χ1v) is 7.92. The van der Waals surface area contributed by atoms with E-state index in [1.165, 1.54) is 12.8 Å². The van der Waals surface area contributed by atoms with Gasteiger partial charge in [0, 0.05) is 12.6 Å². The monoisotopic (exact) mass is 290 g/mol. The number of carboxylic acids is 1. The van der Waals surface area contributed by atoms with E-state index in [9.17, 15) is 9.90 Å². The Balaban J connectivity index is 2.32. The molecule has 0 amide bonds. The highest BCUT2D eigenvalue weighted by atomic mass is 16.4. The summed E-state index contributed by atoms with van der Waals surface area (Å²) in [5.41, 5.74) is -0.180. The molecule has 1 unspecified atom stereocenters. The highest BCUT2D eigenvalue weighted by molar-refractivity contribution is 5.81. The maximum atomic E-state index is 12.1. The van der Waals surface area contributed by atoms with Gasteiger partial charge in [0.1, 0.15) is 0 Å². The summed E-state index contributed by atoms with van der Waals surface area (Å²) >= 11 is 0. The minimum Gasteiger partial charge on any atom is -0.480 e. The van der Waals surface area contributed by atoms with Crippen molar-refractivity contribution < 1.29 is 9.90 Å². The number of carboxylic acid groups (broad SMARTS) is 1. The molecule has 0 saturated heterocycles. The van der Waals surface area contributed by atoms with Crippen LogP contribution in [0.1, 0.15) is 38.7 Å². The molecule has 116 valence electrons. The maximum absolute atomic E-state index is 12.1. The Hall–Kier alpha value is -1.39. The molecular formula is C17H26N2O2. The minimum atomic E-state index is -1.02. The lowest BCUT2D eigenvalue weighted by molar-refractivity contribution is -0.146. The molecule has 1 saturated carbocycles. The van der Waals surface area contributed by atoms with E-state index in [-0.39, 0.29) is 0 Å². The van der Waals surface area contributed by atoms with Crippen LogP contribution in [0.2, 0.25) is 0 Å². The Morgan fingerprint density at radius 2 is 2.00 bits per heavy atom. The van der Waals surface area contributed by atoms with Crippen LogP contribution in [0.3, 0.4) is 0 Å². The van der Waals surface area contributed by atoms with Crippen LogP contribution in [0.15, 0.2) is 30.3 Å². The summed E-state index contributed by atoms with van der Waals surface area (Å²) in [7, 11) is 0. The molecule has 2 N–H and O–H groups in total. The van der Waals surface area contributed by atoms with Crippen LogP contribution < -0.4 is 5.32 Å². The Kier molecular flexibility index (Phi) is 5.37. The molecule has 0 heterocycles. The van der Waals surface area contributed by atoms with Crippen LogP contribution in [0.4, 0.5) is 0 Å². The minimum absolute atomic E-state index is 0.521. The van der Waals surface area contributed by atoms with Gasteiger partial charge in [-0.1, -0.05) is 44.2 Å². The van der Waals surface area contributed by atoms with Gasteiger partial charge in [0.2, 0.25) is 0 Å². The summed E-state index contributed by atoms with van der Waals surface area (Å²) in [4.78, 5) is 14.4. The smallest absolute Gasteiger partial charge is 0.329 e. The molecule has 0 radical (unpaired) electrons. The molecule has 0 spiro atoms. The molecule has 1 atom stereocenters. The number of rotatable bonds is 9. The zero-order valence-electron chi connectivity index (χ0n) is 13.0. The van der Waals surface area contributed by atoms with Gasteiger partial charge in [-0.3, -0.25) is 10.2 Å². The molecule has 2 rings (SSSR count). The van der Waals surface area contributed by atoms with E-state index in [1.807, 2.05) is 30.3 Å². The fourth-order valence-corrected chi connectivity index (χ4v) is 2.82. The lowest BCUT2D eigenvalue weighted by atomic mass is 9.88. The van der Waals surface area contributed by atoms with Crippen LogP contribution in [0.25, 0.3) is 0 Å². The number of aliphatic carboxylic acids is 1. The summed E-state index contributed by atoms with van der Waals surface area (Å²) in [5.74, 6) is -0.791. The molecule has 1 aromatic carbocycles. The Bertz CT molecular complexity index is 459. The topological polar surface area (TPSA) is 52.6 Å². The van der Waals surface area contributed by atoms with Gasteiger partial charge in [-0.25, -0.2) is 4.79 Å². The van der Waals surface area contributed by atoms with Crippen molar-refractivity contribution in [1.29, 1.82) is 0 Å². The highest BCUT2D eigenvalue weighted by Crippen LogP contribution is 2.31. The van der Waals surface area contributed by atoms with Gasteiger partial charge < -0.3 is 5.11 Å². The Morgan fingerprint density at radius 3 is 2.48 bits per heavy atom. The van der Waals surface area contributed by atoms with Crippen molar-refractivity contribution in [3.8, 4) is 0 Å². The van der Waals surface area contributed by atoms with Crippen LogP contribution in [-0.2, 0) is 10.3 Å². The van der Waals surface area contributed by atoms with E-state index in [2.05, 4.69) is 24.1 Å². The third-order valence-electron chi connectivity index (χ3n) is 4.22. The van der Waals surface area contributed by atoms with Crippen LogP contribution in [-0.4, -0.2) is 41.7 Å². The van der Waals surface area contributed by atoms with Crippen molar-refractivity contribution in [2.75, 3.05) is 19.6 Å². The second-order valence-electron chi connectivity index (χ2n) is 5.80. The number of nitrogens with zero attached hydrogens (tertiary/aromatic N) is 1. The van der Waals surface area contributed by atoms with Crippen molar-refractivity contribution in [3.63, 3.8) is 0 Å². The standard InChI is InChI=1S/C17H26N2O2/c1-3-12-18-17(16(20)21,14-8-6-5-7-9-14)13-19(4-2)15-10-11-15/h5-9,15,18H,3-4,10-13H2,1-2H3,(H,20,21). The second-order valence-corrected chi connectivity index (χ2v) is 5.80. The van der Waals surface area contributed by atoms with Crippen molar-refractivity contribution in [2.24, 2.45) is 0 Å². The molecule has 0 aromatic heterocycles. The summed E-state index contributed by atoms with van der Waals surface area (Å²) in [5, 5.41) is 13.3. The number of hydrogen-bond donors (Lipinski definition) is 2. The first-order valence-electron chi connectivity index (χ1n) is 7.92. The third kappa shape index (κ3) is 3.63. The lowest BCUT2D eigenvalue weighted by Crippen LogP contribution is -2.57. The molecule has 1 aliphatic carbocycles. The predicted molar refractivity (Wildman–Crippen MR) is 84.3 cm³/mol. The molecule has 1 aliphatic rings. The van der Waals surface area contributed by atoms with E-state index in [1.54, 1.807) is 0 Å². The Labute approximate surface area is 127 Å². The van der Waals surface area contributed by atoms with Gasteiger partial charge in [0.05, 0.1) is 0 Å². The molecule has 21 heavy (non-hydrogen) atoms. The van der Waals surface area contributed by atoms with Gasteiger partial charge >= 0.3 is 5.97 Å². The van der Waals surface area contributed by atoms with Crippen molar-refractivity contribution in [1.82, 2.24) is 10.2 Å². The van der Waals surface area contributed by atoms with Gasteiger partial charge in [-0.2, -0.15) is 0 Å². The predicted octanol–water partition coefficient (Wildman–Crippen LogP) is 2.45. The van der Waals surface area contributed by atoms with Gasteiger partial charge in [-0.15, -0.1) is 0 Å². The van der Waals surface area contributed by atoms with E-state index in [0.29, 0.717) is 19.1 Å². The summed E-state index contributed by atoms with van der Waals surface area (Å²) in [6.07, 6.45) is 3.29. The average Bonchev–Trinajstić information content (AvgIpc) is 3.33. The van der Waals surface area contributed by atoms with E-state index >= 15 is 0 Å². The number of benzene rings is 1. The lowest BCUT2D eigenvalue weighted by Gasteiger charge is -2.36. The SMILES string of the molecule is CCCNC(CN(CC)C1CC1)(C(=O)O)c1ccccc1. The second kappa shape index (κ2) is 7.05. The number of likely N-dealkylation sites (N-methyl/N-ethyl adjacent to an activating group) is 1. The first kappa shape index (κ1) is 16.0. The van der Waals surface area contributed by atoms with Crippen molar-refractivity contribution >= 4 is 5.97 Å². The van der Waals surface area contributed by atoms with E-state index < -0.39 is 11.5 Å². The van der Waals surface area contributed by atoms with Crippen LogP contribution >= 0.6 is 0 Å². The largest absolute Gasteiger partial charge is 0.480 e. The fraction of sp³-hybridized carbons (Fsp3) is 0.588. The zero-order valence-corrected chi connectivity index (χ0v) is 13.0. The quantitative estimate of drug-likeness (QED) is 0.733. The zero-order chi connectivity index (χ0) is 15.3. The maximum Gasteiger partial charge on any atom is 0.329 e. The fourth-order valence-electron chi connectivity index (χ4n) is 2.82. The molecule has 4 heteroatoms. The summed E-state index contributed by atoms with van der Waals surface area (Å²) in [6, 6.07) is 10.1. The highest BCUT2D eigenvalue weighted by Gasteiger charge is 2.43. The molecule has 0 bridgehead atoms. The summed E-state index contributed by atoms with van der Waals surface area (Å²) in [6.45, 7) is 6.27. The van der Waals surface area contributed by atoms with Gasteiger partial charge in [-0.05, 0) is 37.9 Å². The van der Waals surface area contributed by atoms with Crippen molar-refractivity contribution in [3.05, 3.63) is 35.9 Å².